The standard InChI is InChI=1S/C27H48N2O/c1-17(28-6)22-18(30-8)15-25(5)20-10-9-19-23(2,3)21(29-7)11-12-26(19)16-27(20,26)14-13-24(22,25)4/h17-22,28-29H,9-16H2,1-8H3/t17-,18+,19-,20-,21-,22?,24+,25-,26+,27-/m0/s1. The van der Waals surface area contributed by atoms with Gasteiger partial charge in [0.25, 0.3) is 0 Å². The van der Waals surface area contributed by atoms with Crippen LogP contribution in [0.2, 0.25) is 0 Å². The molecule has 5 aliphatic carbocycles. The highest BCUT2D eigenvalue weighted by Crippen LogP contribution is 2.88. The van der Waals surface area contributed by atoms with E-state index in [2.05, 4.69) is 59.3 Å². The van der Waals surface area contributed by atoms with Crippen molar-refractivity contribution in [3.8, 4) is 0 Å². The highest BCUT2D eigenvalue weighted by Gasteiger charge is 2.82. The Morgan fingerprint density at radius 1 is 0.867 bits per heavy atom. The fourth-order valence-electron chi connectivity index (χ4n) is 11.2. The normalized spacial score (nSPS) is 57.0. The van der Waals surface area contributed by atoms with Crippen molar-refractivity contribution in [2.45, 2.75) is 104 Å². The van der Waals surface area contributed by atoms with Crippen LogP contribution in [0.1, 0.15) is 86.0 Å². The van der Waals surface area contributed by atoms with Gasteiger partial charge in [0.2, 0.25) is 0 Å². The average molecular weight is 417 g/mol. The van der Waals surface area contributed by atoms with E-state index in [4.69, 9.17) is 4.74 Å². The lowest BCUT2D eigenvalue weighted by Gasteiger charge is -2.63. The minimum atomic E-state index is 0.389. The maximum Gasteiger partial charge on any atom is 0.0625 e. The summed E-state index contributed by atoms with van der Waals surface area (Å²) in [4.78, 5) is 0. The van der Waals surface area contributed by atoms with Crippen LogP contribution in [0.5, 0.6) is 0 Å². The first kappa shape index (κ1) is 21.7. The van der Waals surface area contributed by atoms with E-state index < -0.39 is 0 Å². The number of hydrogen-bond donors (Lipinski definition) is 2. The topological polar surface area (TPSA) is 33.3 Å². The summed E-state index contributed by atoms with van der Waals surface area (Å²) in [5.41, 5.74) is 2.51. The average Bonchev–Trinajstić information content (AvgIpc) is 3.31. The lowest BCUT2D eigenvalue weighted by atomic mass is 9.42. The van der Waals surface area contributed by atoms with Crippen LogP contribution in [0, 0.1) is 44.8 Å². The lowest BCUT2D eigenvalue weighted by Crippen LogP contribution is -2.59. The fourth-order valence-corrected chi connectivity index (χ4v) is 11.2. The van der Waals surface area contributed by atoms with Crippen molar-refractivity contribution in [2.75, 3.05) is 21.2 Å². The van der Waals surface area contributed by atoms with Gasteiger partial charge in [-0.3, -0.25) is 0 Å². The van der Waals surface area contributed by atoms with Crippen LogP contribution in [-0.2, 0) is 4.74 Å². The van der Waals surface area contributed by atoms with Crippen LogP contribution in [0.25, 0.3) is 0 Å². The van der Waals surface area contributed by atoms with Crippen molar-refractivity contribution in [3.63, 3.8) is 0 Å². The molecule has 0 amide bonds. The number of methoxy groups -OCH3 is 1. The summed E-state index contributed by atoms with van der Waals surface area (Å²) in [6.07, 6.45) is 11.8. The number of fused-ring (bicyclic) bond motifs is 2. The van der Waals surface area contributed by atoms with Crippen molar-refractivity contribution in [2.24, 2.45) is 44.8 Å². The summed E-state index contributed by atoms with van der Waals surface area (Å²) < 4.78 is 6.21. The third-order valence-electron chi connectivity index (χ3n) is 12.8. The highest BCUT2D eigenvalue weighted by molar-refractivity contribution is 5.31. The largest absolute Gasteiger partial charge is 0.381 e. The zero-order valence-corrected chi connectivity index (χ0v) is 21.0. The molecule has 5 saturated carbocycles. The predicted molar refractivity (Wildman–Crippen MR) is 124 cm³/mol. The summed E-state index contributed by atoms with van der Waals surface area (Å²) in [5, 5.41) is 7.32. The fraction of sp³-hybridized carbons (Fsp3) is 1.00. The molecule has 1 unspecified atom stereocenters. The molecule has 2 N–H and O–H groups in total. The molecule has 3 heteroatoms. The summed E-state index contributed by atoms with van der Waals surface area (Å²) in [6, 6.07) is 1.21. The van der Waals surface area contributed by atoms with Gasteiger partial charge >= 0.3 is 0 Å². The first-order chi connectivity index (χ1) is 14.1. The van der Waals surface area contributed by atoms with Gasteiger partial charge in [-0.05, 0) is 111 Å². The number of ether oxygens (including phenoxy) is 1. The van der Waals surface area contributed by atoms with E-state index in [1.54, 1.807) is 0 Å². The zero-order valence-electron chi connectivity index (χ0n) is 21.0. The van der Waals surface area contributed by atoms with Crippen LogP contribution >= 0.6 is 0 Å². The van der Waals surface area contributed by atoms with E-state index in [1.165, 1.54) is 51.4 Å². The molecule has 0 aromatic carbocycles. The Kier molecular flexibility index (Phi) is 4.69. The van der Waals surface area contributed by atoms with E-state index in [0.717, 1.165) is 11.8 Å². The van der Waals surface area contributed by atoms with Gasteiger partial charge in [-0.15, -0.1) is 0 Å². The third kappa shape index (κ3) is 2.24. The van der Waals surface area contributed by atoms with Crippen molar-refractivity contribution < 1.29 is 4.74 Å². The maximum absolute atomic E-state index is 6.21. The molecule has 5 fully saturated rings. The van der Waals surface area contributed by atoms with Gasteiger partial charge in [0.15, 0.2) is 0 Å². The van der Waals surface area contributed by atoms with Gasteiger partial charge in [-0.25, -0.2) is 0 Å². The summed E-state index contributed by atoms with van der Waals surface area (Å²) in [7, 11) is 6.30. The van der Waals surface area contributed by atoms with E-state index in [9.17, 15) is 0 Å². The lowest BCUT2D eigenvalue weighted by molar-refractivity contribution is -0.144. The molecule has 3 nitrogen and oxygen atoms in total. The van der Waals surface area contributed by atoms with Gasteiger partial charge in [0.1, 0.15) is 0 Å². The van der Waals surface area contributed by atoms with Crippen molar-refractivity contribution >= 4 is 0 Å². The summed E-state index contributed by atoms with van der Waals surface area (Å²) in [6.45, 7) is 12.9. The number of rotatable bonds is 4. The second kappa shape index (κ2) is 6.48. The van der Waals surface area contributed by atoms with Gasteiger partial charge in [-0.2, -0.15) is 0 Å². The van der Waals surface area contributed by atoms with E-state index in [1.807, 2.05) is 7.11 Å². The van der Waals surface area contributed by atoms with Crippen molar-refractivity contribution in [1.29, 1.82) is 0 Å². The van der Waals surface area contributed by atoms with Gasteiger partial charge < -0.3 is 15.4 Å². The molecule has 0 bridgehead atoms. The molecule has 0 aromatic rings. The molecule has 2 spiro atoms. The second-order valence-corrected chi connectivity index (χ2v) is 13.3. The SMILES string of the molecule is CN[C@@H](C)C1[C@H](OC)C[C@@]2(C)[C@@H]3CC[C@H]4C(C)(C)[C@@H](NC)CC[C@@]45C[C@@]35CC[C@]12C. The third-order valence-corrected chi connectivity index (χ3v) is 12.8. The quantitative estimate of drug-likeness (QED) is 0.657. The van der Waals surface area contributed by atoms with E-state index >= 15 is 0 Å². The van der Waals surface area contributed by atoms with Crippen LogP contribution < -0.4 is 10.6 Å². The Hall–Kier alpha value is -0.120. The molecule has 0 aromatic heterocycles. The van der Waals surface area contributed by atoms with Crippen LogP contribution in [0.3, 0.4) is 0 Å². The molecule has 0 aliphatic heterocycles. The molecular weight excluding hydrogens is 368 g/mol. The second-order valence-electron chi connectivity index (χ2n) is 13.3. The zero-order chi connectivity index (χ0) is 21.7. The molecule has 172 valence electrons. The van der Waals surface area contributed by atoms with E-state index in [0.29, 0.717) is 51.2 Å². The first-order valence-electron chi connectivity index (χ1n) is 13.0. The molecule has 5 aliphatic rings. The predicted octanol–water partition coefficient (Wildman–Crippen LogP) is 5.25. The minimum absolute atomic E-state index is 0.389. The molecular formula is C27H48N2O. The van der Waals surface area contributed by atoms with Crippen LogP contribution in [0.15, 0.2) is 0 Å². The van der Waals surface area contributed by atoms with Crippen LogP contribution in [-0.4, -0.2) is 39.4 Å². The Morgan fingerprint density at radius 2 is 1.53 bits per heavy atom. The Bertz CT molecular complexity index is 707. The number of nitrogens with one attached hydrogen (secondary N) is 2. The van der Waals surface area contributed by atoms with Gasteiger partial charge in [-0.1, -0.05) is 27.7 Å². The van der Waals surface area contributed by atoms with Gasteiger partial charge in [0, 0.05) is 25.1 Å². The highest BCUT2D eigenvalue weighted by atomic mass is 16.5. The smallest absolute Gasteiger partial charge is 0.0625 e. The van der Waals surface area contributed by atoms with Crippen molar-refractivity contribution in [3.05, 3.63) is 0 Å². The Morgan fingerprint density at radius 3 is 2.17 bits per heavy atom. The first-order valence-corrected chi connectivity index (χ1v) is 13.0. The van der Waals surface area contributed by atoms with Crippen LogP contribution in [0.4, 0.5) is 0 Å². The molecule has 0 heterocycles. The molecule has 30 heavy (non-hydrogen) atoms. The Balaban J connectivity index is 1.52. The minimum Gasteiger partial charge on any atom is -0.381 e. The summed E-state index contributed by atoms with van der Waals surface area (Å²) >= 11 is 0. The van der Waals surface area contributed by atoms with E-state index in [-0.39, 0.29) is 0 Å². The molecule has 0 saturated heterocycles. The number of hydrogen-bond acceptors (Lipinski definition) is 3. The molecule has 0 radical (unpaired) electrons. The summed E-state index contributed by atoms with van der Waals surface area (Å²) in [5.74, 6) is 2.43. The molecule has 10 atom stereocenters. The monoisotopic (exact) mass is 416 g/mol. The molecule has 5 rings (SSSR count). The van der Waals surface area contributed by atoms with Crippen molar-refractivity contribution in [1.82, 2.24) is 10.6 Å². The Labute approximate surface area is 185 Å². The maximum atomic E-state index is 6.21. The van der Waals surface area contributed by atoms with Gasteiger partial charge in [0.05, 0.1) is 6.10 Å².